The molecule has 1 amide bonds. The number of nitrogens with one attached hydrogen (secondary N) is 1. The number of amides is 1. The van der Waals surface area contributed by atoms with E-state index < -0.39 is 0 Å². The molecule has 0 saturated carbocycles. The van der Waals surface area contributed by atoms with E-state index >= 15 is 0 Å². The van der Waals surface area contributed by atoms with Crippen LogP contribution in [-0.4, -0.2) is 42.0 Å². The average Bonchev–Trinajstić information content (AvgIpc) is 2.38. The van der Waals surface area contributed by atoms with Crippen LogP contribution in [-0.2, 0) is 9.53 Å². The molecule has 0 aromatic carbocycles. The number of carbonyl (C=O) groups excluding carboxylic acids is 2. The van der Waals surface area contributed by atoms with Crippen LogP contribution >= 0.6 is 0 Å². The SMILES string of the molecule is CCN(CCC(=O)OC)C(=O)c1c[nH]c(C)cc1=O. The number of aryl methyl sites for hydroxylation is 1. The van der Waals surface area contributed by atoms with Crippen molar-refractivity contribution in [1.29, 1.82) is 0 Å². The third-order valence-electron chi connectivity index (χ3n) is 2.77. The van der Waals surface area contributed by atoms with Crippen molar-refractivity contribution >= 4 is 11.9 Å². The van der Waals surface area contributed by atoms with Crippen LogP contribution in [0.25, 0.3) is 0 Å². The summed E-state index contributed by atoms with van der Waals surface area (Å²) in [6.07, 6.45) is 1.51. The van der Waals surface area contributed by atoms with Crippen molar-refractivity contribution in [3.05, 3.63) is 33.7 Å². The molecular weight excluding hydrogens is 248 g/mol. The highest BCUT2D eigenvalue weighted by molar-refractivity contribution is 5.94. The number of ether oxygens (including phenoxy) is 1. The summed E-state index contributed by atoms with van der Waals surface area (Å²) >= 11 is 0. The molecule has 104 valence electrons. The lowest BCUT2D eigenvalue weighted by atomic mass is 10.2. The van der Waals surface area contributed by atoms with Crippen molar-refractivity contribution in [3.8, 4) is 0 Å². The van der Waals surface area contributed by atoms with Gasteiger partial charge in [-0.25, -0.2) is 0 Å². The van der Waals surface area contributed by atoms with E-state index in [1.807, 2.05) is 0 Å². The number of esters is 1. The molecular formula is C13H18N2O4. The molecule has 0 aliphatic heterocycles. The topological polar surface area (TPSA) is 79.5 Å². The van der Waals surface area contributed by atoms with Crippen molar-refractivity contribution in [2.75, 3.05) is 20.2 Å². The Kier molecular flexibility index (Phi) is 5.29. The maximum Gasteiger partial charge on any atom is 0.307 e. The Morgan fingerprint density at radius 1 is 1.42 bits per heavy atom. The molecule has 1 N–H and O–H groups in total. The minimum atomic E-state index is -0.385. The number of hydrogen-bond acceptors (Lipinski definition) is 4. The van der Waals surface area contributed by atoms with Gasteiger partial charge in [0.2, 0.25) is 0 Å². The summed E-state index contributed by atoms with van der Waals surface area (Å²) in [4.78, 5) is 39.3. The molecule has 0 atom stereocenters. The van der Waals surface area contributed by atoms with Crippen LogP contribution in [0.3, 0.4) is 0 Å². The van der Waals surface area contributed by atoms with Crippen LogP contribution in [0.4, 0.5) is 0 Å². The summed E-state index contributed by atoms with van der Waals surface area (Å²) in [6.45, 7) is 4.18. The van der Waals surface area contributed by atoms with Crippen LogP contribution in [0.2, 0.25) is 0 Å². The smallest absolute Gasteiger partial charge is 0.307 e. The Hall–Kier alpha value is -2.11. The number of aromatic nitrogens is 1. The van der Waals surface area contributed by atoms with Gasteiger partial charge < -0.3 is 14.6 Å². The quantitative estimate of drug-likeness (QED) is 0.796. The number of aromatic amines is 1. The van der Waals surface area contributed by atoms with Crippen molar-refractivity contribution in [2.45, 2.75) is 20.3 Å². The fraction of sp³-hybridized carbons (Fsp3) is 0.462. The van der Waals surface area contributed by atoms with Gasteiger partial charge in [0.25, 0.3) is 5.91 Å². The summed E-state index contributed by atoms with van der Waals surface area (Å²) in [7, 11) is 1.30. The number of methoxy groups -OCH3 is 1. The molecule has 19 heavy (non-hydrogen) atoms. The molecule has 0 spiro atoms. The zero-order valence-corrected chi connectivity index (χ0v) is 11.4. The minimum Gasteiger partial charge on any atom is -0.469 e. The summed E-state index contributed by atoms with van der Waals surface area (Å²) in [5.74, 6) is -0.767. The van der Waals surface area contributed by atoms with E-state index in [0.717, 1.165) is 0 Å². The zero-order chi connectivity index (χ0) is 14.4. The molecule has 1 aromatic heterocycles. The summed E-state index contributed by atoms with van der Waals surface area (Å²) < 4.78 is 4.53. The summed E-state index contributed by atoms with van der Waals surface area (Å²) in [6, 6.07) is 1.38. The van der Waals surface area contributed by atoms with E-state index in [1.54, 1.807) is 13.8 Å². The monoisotopic (exact) mass is 266 g/mol. The Balaban J connectivity index is 2.83. The van der Waals surface area contributed by atoms with E-state index in [1.165, 1.54) is 24.3 Å². The lowest BCUT2D eigenvalue weighted by molar-refractivity contribution is -0.140. The second-order valence-electron chi connectivity index (χ2n) is 4.10. The highest BCUT2D eigenvalue weighted by atomic mass is 16.5. The van der Waals surface area contributed by atoms with E-state index in [0.29, 0.717) is 12.2 Å². The maximum absolute atomic E-state index is 12.2. The number of carbonyl (C=O) groups is 2. The molecule has 6 nitrogen and oxygen atoms in total. The Morgan fingerprint density at radius 3 is 2.63 bits per heavy atom. The van der Waals surface area contributed by atoms with E-state index in [9.17, 15) is 14.4 Å². The molecule has 0 fully saturated rings. The van der Waals surface area contributed by atoms with Gasteiger partial charge in [0.05, 0.1) is 13.5 Å². The lowest BCUT2D eigenvalue weighted by Gasteiger charge is -2.19. The van der Waals surface area contributed by atoms with Gasteiger partial charge in [0, 0.05) is 31.0 Å². The molecule has 0 saturated heterocycles. The fourth-order valence-corrected chi connectivity index (χ4v) is 1.64. The van der Waals surface area contributed by atoms with Crippen LogP contribution in [0.15, 0.2) is 17.1 Å². The first-order chi connectivity index (χ1) is 8.99. The third kappa shape index (κ3) is 3.94. The number of H-pyrrole nitrogens is 1. The van der Waals surface area contributed by atoms with Gasteiger partial charge >= 0.3 is 5.97 Å². The first-order valence-corrected chi connectivity index (χ1v) is 6.05. The van der Waals surface area contributed by atoms with E-state index in [2.05, 4.69) is 9.72 Å². The predicted octanol–water partition coefficient (Wildman–Crippen LogP) is 0.709. The normalized spacial score (nSPS) is 10.1. The molecule has 1 heterocycles. The van der Waals surface area contributed by atoms with Crippen LogP contribution in [0.1, 0.15) is 29.4 Å². The van der Waals surface area contributed by atoms with Crippen molar-refractivity contribution in [1.82, 2.24) is 9.88 Å². The second-order valence-corrected chi connectivity index (χ2v) is 4.10. The molecule has 0 radical (unpaired) electrons. The standard InChI is InChI=1S/C13H18N2O4/c1-4-15(6-5-12(17)19-3)13(18)10-8-14-9(2)7-11(10)16/h7-8H,4-6H2,1-3H3,(H,14,16). The number of rotatable bonds is 5. The highest BCUT2D eigenvalue weighted by Crippen LogP contribution is 2.02. The summed E-state index contributed by atoms with van der Waals surface area (Å²) in [5.41, 5.74) is 0.453. The van der Waals surface area contributed by atoms with Gasteiger partial charge in [0.1, 0.15) is 5.56 Å². The Bertz CT molecular complexity index is 522. The molecule has 0 unspecified atom stereocenters. The molecule has 6 heteroatoms. The second kappa shape index (κ2) is 6.72. The first-order valence-electron chi connectivity index (χ1n) is 6.05. The Labute approximate surface area is 111 Å². The molecule has 0 bridgehead atoms. The minimum absolute atomic E-state index is 0.0808. The third-order valence-corrected chi connectivity index (χ3v) is 2.77. The molecule has 1 aromatic rings. The average molecular weight is 266 g/mol. The van der Waals surface area contributed by atoms with Gasteiger partial charge in [-0.15, -0.1) is 0 Å². The van der Waals surface area contributed by atoms with E-state index in [4.69, 9.17) is 0 Å². The number of hydrogen-bond donors (Lipinski definition) is 1. The van der Waals surface area contributed by atoms with E-state index in [-0.39, 0.29) is 35.8 Å². The Morgan fingerprint density at radius 2 is 2.11 bits per heavy atom. The van der Waals surface area contributed by atoms with Crippen LogP contribution in [0, 0.1) is 6.92 Å². The van der Waals surface area contributed by atoms with Gasteiger partial charge in [-0.3, -0.25) is 14.4 Å². The van der Waals surface area contributed by atoms with Crippen LogP contribution in [0.5, 0.6) is 0 Å². The predicted molar refractivity (Wildman–Crippen MR) is 70.0 cm³/mol. The van der Waals surface area contributed by atoms with Crippen molar-refractivity contribution in [3.63, 3.8) is 0 Å². The van der Waals surface area contributed by atoms with Gasteiger partial charge in [-0.2, -0.15) is 0 Å². The fourth-order valence-electron chi connectivity index (χ4n) is 1.64. The lowest BCUT2D eigenvalue weighted by Crippen LogP contribution is -2.35. The summed E-state index contributed by atoms with van der Waals surface area (Å²) in [5, 5.41) is 0. The van der Waals surface area contributed by atoms with Gasteiger partial charge in [0.15, 0.2) is 5.43 Å². The molecule has 0 aliphatic rings. The maximum atomic E-state index is 12.2. The highest BCUT2D eigenvalue weighted by Gasteiger charge is 2.18. The van der Waals surface area contributed by atoms with Crippen LogP contribution < -0.4 is 5.43 Å². The van der Waals surface area contributed by atoms with Gasteiger partial charge in [-0.1, -0.05) is 0 Å². The zero-order valence-electron chi connectivity index (χ0n) is 11.4. The van der Waals surface area contributed by atoms with Gasteiger partial charge in [-0.05, 0) is 13.8 Å². The molecule has 0 aliphatic carbocycles. The van der Waals surface area contributed by atoms with Crippen molar-refractivity contribution in [2.24, 2.45) is 0 Å². The first kappa shape index (κ1) is 14.9. The van der Waals surface area contributed by atoms with Crippen molar-refractivity contribution < 1.29 is 14.3 Å². The largest absolute Gasteiger partial charge is 0.469 e. The number of pyridine rings is 1. The number of nitrogens with zero attached hydrogens (tertiary/aromatic N) is 1. The molecule has 1 rings (SSSR count).